The SMILES string of the molecule is O=C(CN1CCCCCCC1=O)NCCc1cc(Cl)cc(Cl)c1. The topological polar surface area (TPSA) is 49.4 Å². The molecule has 0 aromatic heterocycles. The van der Waals surface area contributed by atoms with Crippen LogP contribution in [-0.4, -0.2) is 36.3 Å². The lowest BCUT2D eigenvalue weighted by Gasteiger charge is -2.24. The van der Waals surface area contributed by atoms with Crippen molar-refractivity contribution >= 4 is 35.0 Å². The van der Waals surface area contributed by atoms with E-state index in [4.69, 9.17) is 23.2 Å². The van der Waals surface area contributed by atoms with Gasteiger partial charge in [0.25, 0.3) is 0 Å². The molecule has 1 aliphatic rings. The number of hydrogen-bond donors (Lipinski definition) is 1. The van der Waals surface area contributed by atoms with E-state index in [1.165, 1.54) is 0 Å². The van der Waals surface area contributed by atoms with Crippen LogP contribution in [0.5, 0.6) is 0 Å². The van der Waals surface area contributed by atoms with E-state index in [-0.39, 0.29) is 18.4 Å². The van der Waals surface area contributed by atoms with Crippen molar-refractivity contribution in [1.29, 1.82) is 0 Å². The van der Waals surface area contributed by atoms with Gasteiger partial charge in [0.2, 0.25) is 11.8 Å². The number of nitrogens with zero attached hydrogens (tertiary/aromatic N) is 1. The zero-order valence-electron chi connectivity index (χ0n) is 13.1. The van der Waals surface area contributed by atoms with Crippen LogP contribution in [0.4, 0.5) is 0 Å². The molecule has 6 heteroatoms. The highest BCUT2D eigenvalue weighted by atomic mass is 35.5. The maximum absolute atomic E-state index is 12.0. The van der Waals surface area contributed by atoms with Gasteiger partial charge in [-0.1, -0.05) is 36.0 Å². The molecule has 0 radical (unpaired) electrons. The Labute approximate surface area is 147 Å². The Hall–Kier alpha value is -1.26. The van der Waals surface area contributed by atoms with Gasteiger partial charge in [-0.15, -0.1) is 0 Å². The smallest absolute Gasteiger partial charge is 0.239 e. The molecule has 1 aromatic carbocycles. The quantitative estimate of drug-likeness (QED) is 0.878. The lowest BCUT2D eigenvalue weighted by Crippen LogP contribution is -2.42. The van der Waals surface area contributed by atoms with Gasteiger partial charge in [-0.25, -0.2) is 0 Å². The number of benzene rings is 1. The van der Waals surface area contributed by atoms with E-state index in [0.29, 0.717) is 36.0 Å². The number of nitrogens with one attached hydrogen (secondary N) is 1. The van der Waals surface area contributed by atoms with Gasteiger partial charge in [-0.05, 0) is 43.0 Å². The van der Waals surface area contributed by atoms with Gasteiger partial charge in [0, 0.05) is 29.6 Å². The van der Waals surface area contributed by atoms with Gasteiger partial charge in [-0.3, -0.25) is 9.59 Å². The van der Waals surface area contributed by atoms with E-state index in [1.54, 1.807) is 11.0 Å². The van der Waals surface area contributed by atoms with Crippen LogP contribution < -0.4 is 5.32 Å². The Morgan fingerprint density at radius 1 is 1.09 bits per heavy atom. The summed E-state index contributed by atoms with van der Waals surface area (Å²) in [5.41, 5.74) is 0.977. The maximum atomic E-state index is 12.0. The molecule has 0 bridgehead atoms. The first-order valence-corrected chi connectivity index (χ1v) is 8.79. The molecule has 2 rings (SSSR count). The highest BCUT2D eigenvalue weighted by Gasteiger charge is 2.18. The van der Waals surface area contributed by atoms with Crippen molar-refractivity contribution in [1.82, 2.24) is 10.2 Å². The largest absolute Gasteiger partial charge is 0.354 e. The molecule has 0 atom stereocenters. The van der Waals surface area contributed by atoms with Gasteiger partial charge in [0.1, 0.15) is 0 Å². The Morgan fingerprint density at radius 2 is 1.78 bits per heavy atom. The lowest BCUT2D eigenvalue weighted by atomic mass is 10.1. The van der Waals surface area contributed by atoms with Crippen molar-refractivity contribution in [3.63, 3.8) is 0 Å². The third-order valence-electron chi connectivity index (χ3n) is 3.91. The highest BCUT2D eigenvalue weighted by Crippen LogP contribution is 2.19. The second-order valence-electron chi connectivity index (χ2n) is 5.86. The van der Waals surface area contributed by atoms with Crippen molar-refractivity contribution in [3.8, 4) is 0 Å². The number of halogens is 2. The molecule has 1 N–H and O–H groups in total. The Morgan fingerprint density at radius 3 is 2.52 bits per heavy atom. The first kappa shape index (κ1) is 18.1. The number of carbonyl (C=O) groups is 2. The molecule has 1 aliphatic heterocycles. The molecule has 23 heavy (non-hydrogen) atoms. The van der Waals surface area contributed by atoms with Crippen molar-refractivity contribution < 1.29 is 9.59 Å². The van der Waals surface area contributed by atoms with E-state index < -0.39 is 0 Å². The van der Waals surface area contributed by atoms with Crippen LogP contribution in [0.15, 0.2) is 18.2 Å². The second kappa shape index (κ2) is 9.14. The van der Waals surface area contributed by atoms with E-state index >= 15 is 0 Å². The molecule has 0 saturated carbocycles. The van der Waals surface area contributed by atoms with Gasteiger partial charge in [0.05, 0.1) is 6.54 Å². The predicted molar refractivity (Wildman–Crippen MR) is 92.8 cm³/mol. The van der Waals surface area contributed by atoms with Crippen molar-refractivity contribution in [3.05, 3.63) is 33.8 Å². The zero-order valence-corrected chi connectivity index (χ0v) is 14.6. The van der Waals surface area contributed by atoms with Crippen LogP contribution in [0.25, 0.3) is 0 Å². The first-order chi connectivity index (χ1) is 11.0. The molecular weight excluding hydrogens is 335 g/mol. The second-order valence-corrected chi connectivity index (χ2v) is 6.73. The summed E-state index contributed by atoms with van der Waals surface area (Å²) >= 11 is 11.9. The molecule has 1 saturated heterocycles. The van der Waals surface area contributed by atoms with Crippen molar-refractivity contribution in [2.75, 3.05) is 19.6 Å². The monoisotopic (exact) mass is 356 g/mol. The van der Waals surface area contributed by atoms with Gasteiger partial charge >= 0.3 is 0 Å². The average molecular weight is 357 g/mol. The number of rotatable bonds is 5. The van der Waals surface area contributed by atoms with Crippen LogP contribution in [0, 0.1) is 0 Å². The summed E-state index contributed by atoms with van der Waals surface area (Å²) in [5.74, 6) is -0.0338. The molecule has 1 heterocycles. The highest BCUT2D eigenvalue weighted by molar-refractivity contribution is 6.34. The fourth-order valence-electron chi connectivity index (χ4n) is 2.71. The summed E-state index contributed by atoms with van der Waals surface area (Å²) in [6, 6.07) is 5.35. The lowest BCUT2D eigenvalue weighted by molar-refractivity contribution is -0.136. The summed E-state index contributed by atoms with van der Waals surface area (Å²) in [6.45, 7) is 1.32. The minimum Gasteiger partial charge on any atom is -0.354 e. The third kappa shape index (κ3) is 6.40. The fourth-order valence-corrected chi connectivity index (χ4v) is 3.28. The molecule has 0 unspecified atom stereocenters. The first-order valence-electron chi connectivity index (χ1n) is 8.04. The standard InChI is InChI=1S/C17H22Cl2N2O2/c18-14-9-13(10-15(19)11-14)6-7-20-16(22)12-21-8-4-2-1-3-5-17(21)23/h9-11H,1-8,12H2,(H,20,22). The molecule has 1 aromatic rings. The molecule has 0 spiro atoms. The average Bonchev–Trinajstić information content (AvgIpc) is 2.46. The predicted octanol–water partition coefficient (Wildman–Crippen LogP) is 3.44. The number of likely N-dealkylation sites (tertiary alicyclic amines) is 1. The van der Waals surface area contributed by atoms with Crippen LogP contribution in [0.3, 0.4) is 0 Å². The Balaban J connectivity index is 1.76. The van der Waals surface area contributed by atoms with Gasteiger partial charge in [0.15, 0.2) is 0 Å². The van der Waals surface area contributed by atoms with Crippen molar-refractivity contribution in [2.45, 2.75) is 38.5 Å². The Kier molecular flexibility index (Phi) is 7.18. The van der Waals surface area contributed by atoms with E-state index in [2.05, 4.69) is 5.32 Å². The molecule has 0 aliphatic carbocycles. The summed E-state index contributed by atoms with van der Waals surface area (Å²) in [6.07, 6.45) is 5.33. The van der Waals surface area contributed by atoms with E-state index in [1.807, 2.05) is 12.1 Å². The minimum atomic E-state index is -0.118. The van der Waals surface area contributed by atoms with Crippen LogP contribution in [-0.2, 0) is 16.0 Å². The summed E-state index contributed by atoms with van der Waals surface area (Å²) in [7, 11) is 0. The number of hydrogen-bond acceptors (Lipinski definition) is 2. The summed E-state index contributed by atoms with van der Waals surface area (Å²) in [4.78, 5) is 25.7. The van der Waals surface area contributed by atoms with Gasteiger partial charge < -0.3 is 10.2 Å². The summed E-state index contributed by atoms with van der Waals surface area (Å²) < 4.78 is 0. The zero-order chi connectivity index (χ0) is 16.7. The number of amides is 2. The molecule has 1 fully saturated rings. The number of carbonyl (C=O) groups excluding carboxylic acids is 2. The van der Waals surface area contributed by atoms with Crippen LogP contribution in [0.1, 0.15) is 37.7 Å². The summed E-state index contributed by atoms with van der Waals surface area (Å²) in [5, 5.41) is 4.03. The molecule has 4 nitrogen and oxygen atoms in total. The normalized spacial score (nSPS) is 15.9. The maximum Gasteiger partial charge on any atom is 0.239 e. The fraction of sp³-hybridized carbons (Fsp3) is 0.529. The molecular formula is C17H22Cl2N2O2. The molecule has 126 valence electrons. The van der Waals surface area contributed by atoms with Gasteiger partial charge in [-0.2, -0.15) is 0 Å². The van der Waals surface area contributed by atoms with Crippen LogP contribution >= 0.6 is 23.2 Å². The molecule has 2 amide bonds. The van der Waals surface area contributed by atoms with Crippen molar-refractivity contribution in [2.24, 2.45) is 0 Å². The van der Waals surface area contributed by atoms with E-state index in [9.17, 15) is 9.59 Å². The third-order valence-corrected chi connectivity index (χ3v) is 4.35. The van der Waals surface area contributed by atoms with E-state index in [0.717, 1.165) is 31.2 Å². The minimum absolute atomic E-state index is 0.0847. The Bertz CT molecular complexity index is 543. The van der Waals surface area contributed by atoms with Crippen LogP contribution in [0.2, 0.25) is 10.0 Å².